The number of benzene rings is 2. The normalized spacial score (nSPS) is 11.6. The molecule has 0 atom stereocenters. The lowest BCUT2D eigenvalue weighted by Crippen LogP contribution is -2.09. The highest BCUT2D eigenvalue weighted by Gasteiger charge is 2.18. The van der Waals surface area contributed by atoms with Crippen molar-refractivity contribution in [1.29, 1.82) is 0 Å². The number of aliphatic hydroxyl groups excluding tert-OH is 1. The molecule has 0 fully saturated rings. The first kappa shape index (κ1) is 15.6. The van der Waals surface area contributed by atoms with Crippen molar-refractivity contribution in [2.24, 2.45) is 0 Å². The Hall–Kier alpha value is -3.34. The molecule has 3 rings (SSSR count). The maximum absolute atomic E-state index is 11.4. The van der Waals surface area contributed by atoms with E-state index in [2.05, 4.69) is 4.98 Å². The Balaban J connectivity index is 2.12. The van der Waals surface area contributed by atoms with E-state index in [1.54, 1.807) is 0 Å². The lowest BCUT2D eigenvalue weighted by atomic mass is 10.0. The van der Waals surface area contributed by atoms with Crippen molar-refractivity contribution >= 4 is 28.4 Å². The molecule has 5 nitrogen and oxygen atoms in total. The molecule has 1 aromatic heterocycles. The molecule has 3 N–H and O–H groups in total. The third-order valence-corrected chi connectivity index (χ3v) is 3.74. The molecule has 0 aliphatic carbocycles. The first-order valence-electron chi connectivity index (χ1n) is 7.38. The largest absolute Gasteiger partial charge is 0.507 e. The van der Waals surface area contributed by atoms with Crippen molar-refractivity contribution in [1.82, 2.24) is 4.98 Å². The lowest BCUT2D eigenvalue weighted by Gasteiger charge is -2.05. The van der Waals surface area contributed by atoms with Gasteiger partial charge in [0.05, 0.1) is 0 Å². The summed E-state index contributed by atoms with van der Waals surface area (Å²) in [6, 6.07) is 17.0. The van der Waals surface area contributed by atoms with Gasteiger partial charge < -0.3 is 15.2 Å². The molecule has 5 heteroatoms. The van der Waals surface area contributed by atoms with Crippen LogP contribution < -0.4 is 0 Å². The molecule has 3 aromatic rings. The zero-order valence-electron chi connectivity index (χ0n) is 12.7. The van der Waals surface area contributed by atoms with E-state index in [1.807, 2.05) is 54.6 Å². The van der Waals surface area contributed by atoms with Gasteiger partial charge in [-0.05, 0) is 11.6 Å². The molecule has 0 saturated carbocycles. The molecule has 0 aliphatic heterocycles. The van der Waals surface area contributed by atoms with E-state index in [1.165, 1.54) is 0 Å². The standard InChI is InChI=1S/C19H15NO4/c21-16(11-17(22)19(23)24)18-13-8-4-5-9-14(13)20-15(18)10-12-6-2-1-3-7-12/h1-9,11,20-21H,10H2,(H,23,24). The number of carbonyl (C=O) groups is 2. The summed E-state index contributed by atoms with van der Waals surface area (Å²) in [5, 5.41) is 19.8. The van der Waals surface area contributed by atoms with E-state index in [9.17, 15) is 14.7 Å². The Kier molecular flexibility index (Phi) is 4.16. The molecule has 0 bridgehead atoms. The van der Waals surface area contributed by atoms with Gasteiger partial charge in [-0.25, -0.2) is 4.79 Å². The quantitative estimate of drug-likeness (QED) is 0.382. The molecule has 0 spiro atoms. The second kappa shape index (κ2) is 6.42. The van der Waals surface area contributed by atoms with E-state index < -0.39 is 11.8 Å². The van der Waals surface area contributed by atoms with Gasteiger partial charge in [0.2, 0.25) is 0 Å². The molecule has 120 valence electrons. The number of carboxylic acids is 1. The lowest BCUT2D eigenvalue weighted by molar-refractivity contribution is -0.146. The fraction of sp³-hybridized carbons (Fsp3) is 0.0526. The molecular weight excluding hydrogens is 306 g/mol. The summed E-state index contributed by atoms with van der Waals surface area (Å²) in [5.74, 6) is -3.12. The summed E-state index contributed by atoms with van der Waals surface area (Å²) in [5.41, 5.74) is 3.00. The minimum Gasteiger partial charge on any atom is -0.507 e. The van der Waals surface area contributed by atoms with Crippen molar-refractivity contribution in [3.63, 3.8) is 0 Å². The fourth-order valence-electron chi connectivity index (χ4n) is 2.68. The number of rotatable bonds is 5. The Labute approximate surface area is 137 Å². The summed E-state index contributed by atoms with van der Waals surface area (Å²) >= 11 is 0. The van der Waals surface area contributed by atoms with Crippen molar-refractivity contribution in [3.8, 4) is 0 Å². The van der Waals surface area contributed by atoms with E-state index in [-0.39, 0.29) is 5.76 Å². The predicted molar refractivity (Wildman–Crippen MR) is 90.8 cm³/mol. The SMILES string of the molecule is O=C(O)C(=O)C=C(O)c1c(Cc2ccccc2)[nH]c2ccccc12. The number of H-pyrrole nitrogens is 1. The second-order valence-electron chi connectivity index (χ2n) is 5.39. The average Bonchev–Trinajstić information content (AvgIpc) is 2.93. The highest BCUT2D eigenvalue weighted by molar-refractivity contribution is 6.38. The Morgan fingerprint density at radius 3 is 2.33 bits per heavy atom. The minimum atomic E-state index is -1.61. The Morgan fingerprint density at radius 2 is 1.62 bits per heavy atom. The molecule has 0 aliphatic rings. The van der Waals surface area contributed by atoms with Crippen LogP contribution in [0.5, 0.6) is 0 Å². The number of aliphatic carboxylic acids is 1. The maximum atomic E-state index is 11.4. The fourth-order valence-corrected chi connectivity index (χ4v) is 2.68. The zero-order valence-corrected chi connectivity index (χ0v) is 12.7. The number of hydrogen-bond donors (Lipinski definition) is 3. The van der Waals surface area contributed by atoms with Crippen LogP contribution >= 0.6 is 0 Å². The van der Waals surface area contributed by atoms with Crippen LogP contribution in [-0.4, -0.2) is 26.9 Å². The van der Waals surface area contributed by atoms with Crippen LogP contribution in [0.15, 0.2) is 60.7 Å². The van der Waals surface area contributed by atoms with Gasteiger partial charge in [-0.15, -0.1) is 0 Å². The molecule has 0 saturated heterocycles. The Morgan fingerprint density at radius 1 is 0.958 bits per heavy atom. The van der Waals surface area contributed by atoms with E-state index >= 15 is 0 Å². The van der Waals surface area contributed by atoms with Crippen LogP contribution in [0, 0.1) is 0 Å². The number of nitrogens with one attached hydrogen (secondary N) is 1. The summed E-state index contributed by atoms with van der Waals surface area (Å²) in [7, 11) is 0. The van der Waals surface area contributed by atoms with E-state index in [0.717, 1.165) is 22.5 Å². The predicted octanol–water partition coefficient (Wildman–Crippen LogP) is 3.31. The van der Waals surface area contributed by atoms with Crippen LogP contribution in [0.3, 0.4) is 0 Å². The summed E-state index contributed by atoms with van der Waals surface area (Å²) in [6.07, 6.45) is 1.26. The number of ketones is 1. The van der Waals surface area contributed by atoms with Crippen molar-refractivity contribution in [3.05, 3.63) is 77.5 Å². The van der Waals surface area contributed by atoms with Gasteiger partial charge in [0, 0.05) is 34.7 Å². The summed E-state index contributed by atoms with van der Waals surface area (Å²) < 4.78 is 0. The van der Waals surface area contributed by atoms with Crippen molar-refractivity contribution < 1.29 is 19.8 Å². The van der Waals surface area contributed by atoms with E-state index in [0.29, 0.717) is 17.7 Å². The zero-order chi connectivity index (χ0) is 17.1. The number of aromatic nitrogens is 1. The highest BCUT2D eigenvalue weighted by Crippen LogP contribution is 2.29. The summed E-state index contributed by atoms with van der Waals surface area (Å²) in [4.78, 5) is 25.4. The first-order valence-corrected chi connectivity index (χ1v) is 7.38. The summed E-state index contributed by atoms with van der Waals surface area (Å²) in [6.45, 7) is 0. The number of aromatic amines is 1. The topological polar surface area (TPSA) is 90.4 Å². The number of carbonyl (C=O) groups excluding carboxylic acids is 1. The van der Waals surface area contributed by atoms with Gasteiger partial charge in [-0.3, -0.25) is 4.79 Å². The van der Waals surface area contributed by atoms with Gasteiger partial charge in [0.15, 0.2) is 0 Å². The highest BCUT2D eigenvalue weighted by atomic mass is 16.4. The van der Waals surface area contributed by atoms with Crippen molar-refractivity contribution in [2.45, 2.75) is 6.42 Å². The van der Waals surface area contributed by atoms with Crippen LogP contribution in [0.2, 0.25) is 0 Å². The van der Waals surface area contributed by atoms with Gasteiger partial charge in [-0.1, -0.05) is 48.5 Å². The molecular formula is C19H15NO4. The number of fused-ring (bicyclic) bond motifs is 1. The first-order chi connectivity index (χ1) is 11.6. The Bertz CT molecular complexity index is 938. The molecule has 24 heavy (non-hydrogen) atoms. The molecule has 0 unspecified atom stereocenters. The van der Waals surface area contributed by atoms with Gasteiger partial charge >= 0.3 is 5.97 Å². The maximum Gasteiger partial charge on any atom is 0.376 e. The number of carboxylic acid groups (broad SMARTS) is 1. The number of hydrogen-bond acceptors (Lipinski definition) is 3. The van der Waals surface area contributed by atoms with Crippen LogP contribution in [0.25, 0.3) is 16.7 Å². The van der Waals surface area contributed by atoms with Gasteiger partial charge in [0.25, 0.3) is 5.78 Å². The van der Waals surface area contributed by atoms with Crippen LogP contribution in [0.1, 0.15) is 16.8 Å². The smallest absolute Gasteiger partial charge is 0.376 e. The molecule has 0 amide bonds. The van der Waals surface area contributed by atoms with Crippen LogP contribution in [-0.2, 0) is 16.0 Å². The second-order valence-corrected chi connectivity index (χ2v) is 5.39. The molecule has 1 heterocycles. The van der Waals surface area contributed by atoms with Crippen LogP contribution in [0.4, 0.5) is 0 Å². The van der Waals surface area contributed by atoms with Gasteiger partial charge in [-0.2, -0.15) is 0 Å². The minimum absolute atomic E-state index is 0.356. The third-order valence-electron chi connectivity index (χ3n) is 3.74. The van der Waals surface area contributed by atoms with E-state index in [4.69, 9.17) is 5.11 Å². The molecule has 2 aromatic carbocycles. The number of aliphatic hydroxyl groups is 1. The molecule has 0 radical (unpaired) electrons. The third kappa shape index (κ3) is 3.05. The number of para-hydroxylation sites is 1. The monoisotopic (exact) mass is 321 g/mol. The van der Waals surface area contributed by atoms with Gasteiger partial charge in [0.1, 0.15) is 5.76 Å². The van der Waals surface area contributed by atoms with Crippen molar-refractivity contribution in [2.75, 3.05) is 0 Å². The average molecular weight is 321 g/mol.